The molecule has 1 unspecified atom stereocenters. The van der Waals surface area contributed by atoms with E-state index in [1.807, 2.05) is 6.07 Å². The number of carbonyl (C=O) groups is 1. The third-order valence-corrected chi connectivity index (χ3v) is 2.61. The van der Waals surface area contributed by atoms with Crippen LogP contribution in [0.2, 0.25) is 0 Å². The summed E-state index contributed by atoms with van der Waals surface area (Å²) in [6, 6.07) is 3.51. The van der Waals surface area contributed by atoms with Crippen LogP contribution in [-0.4, -0.2) is 47.7 Å². The van der Waals surface area contributed by atoms with Crippen LogP contribution in [0.25, 0.3) is 0 Å². The second kappa shape index (κ2) is 3.94. The molecule has 0 spiro atoms. The molecule has 0 saturated carbocycles. The second-order valence-corrected chi connectivity index (χ2v) is 3.61. The molecule has 0 aliphatic carbocycles. The van der Waals surface area contributed by atoms with Gasteiger partial charge in [0.2, 0.25) is 0 Å². The first-order chi connectivity index (χ1) is 7.24. The van der Waals surface area contributed by atoms with Crippen molar-refractivity contribution in [3.63, 3.8) is 0 Å². The van der Waals surface area contributed by atoms with Crippen LogP contribution in [0.1, 0.15) is 11.8 Å². The molecule has 1 aromatic rings. The number of hydrogen-bond acceptors (Lipinski definition) is 3. The van der Waals surface area contributed by atoms with Crippen molar-refractivity contribution in [1.29, 1.82) is 0 Å². The van der Waals surface area contributed by atoms with E-state index >= 15 is 0 Å². The maximum Gasteiger partial charge on any atom is 0.320 e. The summed E-state index contributed by atoms with van der Waals surface area (Å²) in [7, 11) is 1.75. The van der Waals surface area contributed by atoms with Gasteiger partial charge >= 0.3 is 6.03 Å². The fourth-order valence-electron chi connectivity index (χ4n) is 1.87. The van der Waals surface area contributed by atoms with Crippen LogP contribution in [0.5, 0.6) is 0 Å². The third kappa shape index (κ3) is 1.70. The number of urea groups is 1. The molecule has 1 N–H and O–H groups in total. The molecule has 2 heterocycles. The zero-order valence-corrected chi connectivity index (χ0v) is 8.59. The van der Waals surface area contributed by atoms with E-state index in [9.17, 15) is 4.79 Å². The molecule has 5 nitrogen and oxygen atoms in total. The molecule has 1 atom stereocenters. The van der Waals surface area contributed by atoms with E-state index in [0.717, 1.165) is 5.76 Å². The van der Waals surface area contributed by atoms with E-state index in [4.69, 9.17) is 9.52 Å². The molecule has 0 aromatic carbocycles. The van der Waals surface area contributed by atoms with Crippen LogP contribution in [0.15, 0.2) is 22.8 Å². The minimum Gasteiger partial charge on any atom is -0.467 e. The number of aliphatic hydroxyl groups excluding tert-OH is 1. The average Bonchev–Trinajstić information content (AvgIpc) is 2.81. The third-order valence-electron chi connectivity index (χ3n) is 2.61. The number of likely N-dealkylation sites (N-methyl/N-ethyl adjacent to an activating group) is 1. The maximum absolute atomic E-state index is 11.7. The molecule has 1 aliphatic heterocycles. The van der Waals surface area contributed by atoms with Crippen molar-refractivity contribution < 1.29 is 14.3 Å². The minimum atomic E-state index is -0.0790. The summed E-state index contributed by atoms with van der Waals surface area (Å²) in [6.45, 7) is 0.914. The lowest BCUT2D eigenvalue weighted by atomic mass is 10.2. The van der Waals surface area contributed by atoms with Gasteiger partial charge in [-0.05, 0) is 12.1 Å². The molecule has 2 amide bonds. The zero-order valence-electron chi connectivity index (χ0n) is 8.59. The molecule has 1 saturated heterocycles. The normalized spacial score (nSPS) is 21.5. The van der Waals surface area contributed by atoms with Crippen molar-refractivity contribution in [3.8, 4) is 0 Å². The minimum absolute atomic E-state index is 0.0310. The van der Waals surface area contributed by atoms with E-state index in [-0.39, 0.29) is 18.7 Å². The van der Waals surface area contributed by atoms with Crippen LogP contribution in [0.3, 0.4) is 0 Å². The van der Waals surface area contributed by atoms with Gasteiger partial charge in [-0.25, -0.2) is 4.79 Å². The lowest BCUT2D eigenvalue weighted by Crippen LogP contribution is -2.32. The van der Waals surface area contributed by atoms with Crippen LogP contribution in [0, 0.1) is 0 Å². The van der Waals surface area contributed by atoms with Gasteiger partial charge in [-0.3, -0.25) is 0 Å². The highest BCUT2D eigenvalue weighted by Crippen LogP contribution is 2.28. The quantitative estimate of drug-likeness (QED) is 0.798. The number of carbonyl (C=O) groups excluding carboxylic acids is 1. The molecule has 82 valence electrons. The highest BCUT2D eigenvalue weighted by molar-refractivity contribution is 5.77. The number of furan rings is 1. The number of aliphatic hydroxyl groups is 1. The molecular formula is C10H14N2O3. The van der Waals surface area contributed by atoms with Crippen LogP contribution < -0.4 is 0 Å². The van der Waals surface area contributed by atoms with Crippen molar-refractivity contribution in [2.45, 2.75) is 6.04 Å². The van der Waals surface area contributed by atoms with Gasteiger partial charge in [0.25, 0.3) is 0 Å². The second-order valence-electron chi connectivity index (χ2n) is 3.61. The monoisotopic (exact) mass is 210 g/mol. The first kappa shape index (κ1) is 10.0. The SMILES string of the molecule is CN1CC(c2ccco2)N(CCO)C1=O. The van der Waals surface area contributed by atoms with Crippen molar-refractivity contribution in [2.75, 3.05) is 26.7 Å². The predicted molar refractivity (Wildman–Crippen MR) is 53.3 cm³/mol. The summed E-state index contributed by atoms with van der Waals surface area (Å²) in [5, 5.41) is 8.90. The highest BCUT2D eigenvalue weighted by Gasteiger charge is 2.36. The Balaban J connectivity index is 2.20. The fraction of sp³-hybridized carbons (Fsp3) is 0.500. The lowest BCUT2D eigenvalue weighted by Gasteiger charge is -2.20. The topological polar surface area (TPSA) is 56.9 Å². The van der Waals surface area contributed by atoms with Gasteiger partial charge in [-0.15, -0.1) is 0 Å². The highest BCUT2D eigenvalue weighted by atomic mass is 16.3. The smallest absolute Gasteiger partial charge is 0.320 e. The standard InChI is InChI=1S/C10H14N2O3/c1-11-7-8(9-3-2-6-15-9)12(4-5-13)10(11)14/h2-3,6,8,13H,4-5,7H2,1H3. The van der Waals surface area contributed by atoms with Gasteiger partial charge in [-0.2, -0.15) is 0 Å². The first-order valence-electron chi connectivity index (χ1n) is 4.90. The van der Waals surface area contributed by atoms with E-state index < -0.39 is 0 Å². The van der Waals surface area contributed by atoms with Gasteiger partial charge in [-0.1, -0.05) is 0 Å². The number of amides is 2. The van der Waals surface area contributed by atoms with Gasteiger partial charge in [0.1, 0.15) is 11.8 Å². The van der Waals surface area contributed by atoms with Gasteiger partial charge in [0.15, 0.2) is 0 Å². The Kier molecular flexibility index (Phi) is 2.64. The predicted octanol–water partition coefficient (Wildman–Crippen LogP) is 0.680. The van der Waals surface area contributed by atoms with Crippen molar-refractivity contribution in [3.05, 3.63) is 24.2 Å². The summed E-state index contributed by atoms with van der Waals surface area (Å²) >= 11 is 0. The van der Waals surface area contributed by atoms with Crippen LogP contribution >= 0.6 is 0 Å². The largest absolute Gasteiger partial charge is 0.467 e. The Hall–Kier alpha value is -1.49. The number of nitrogens with zero attached hydrogens (tertiary/aromatic N) is 2. The van der Waals surface area contributed by atoms with Gasteiger partial charge in [0.05, 0.1) is 12.9 Å². The van der Waals surface area contributed by atoms with Crippen LogP contribution in [0.4, 0.5) is 4.79 Å². The maximum atomic E-state index is 11.7. The molecule has 1 aliphatic rings. The van der Waals surface area contributed by atoms with E-state index in [2.05, 4.69) is 0 Å². The number of β-amino-alcohol motifs (C(OH)–C–C–N with tert-alkyl or cyclic N) is 1. The molecular weight excluding hydrogens is 196 g/mol. The number of rotatable bonds is 3. The zero-order chi connectivity index (χ0) is 10.8. The molecule has 1 aromatic heterocycles. The Morgan fingerprint density at radius 1 is 1.67 bits per heavy atom. The summed E-state index contributed by atoms with van der Waals surface area (Å²) in [5.41, 5.74) is 0. The summed E-state index contributed by atoms with van der Waals surface area (Å²) in [4.78, 5) is 15.0. The van der Waals surface area contributed by atoms with Crippen molar-refractivity contribution >= 4 is 6.03 Å². The molecule has 1 fully saturated rings. The summed E-state index contributed by atoms with van der Waals surface area (Å²) < 4.78 is 5.29. The Morgan fingerprint density at radius 3 is 3.07 bits per heavy atom. The number of hydrogen-bond donors (Lipinski definition) is 1. The average molecular weight is 210 g/mol. The lowest BCUT2D eigenvalue weighted by molar-refractivity contribution is 0.166. The molecule has 0 bridgehead atoms. The molecule has 15 heavy (non-hydrogen) atoms. The van der Waals surface area contributed by atoms with E-state index in [1.54, 1.807) is 29.2 Å². The van der Waals surface area contributed by atoms with Gasteiger partial charge < -0.3 is 19.3 Å². The molecule has 0 radical (unpaired) electrons. The fourth-order valence-corrected chi connectivity index (χ4v) is 1.87. The summed E-state index contributed by atoms with van der Waals surface area (Å²) in [5.74, 6) is 0.765. The Bertz CT molecular complexity index is 336. The Labute approximate surface area is 87.9 Å². The molecule has 2 rings (SSSR count). The van der Waals surface area contributed by atoms with E-state index in [0.29, 0.717) is 13.1 Å². The summed E-state index contributed by atoms with van der Waals surface area (Å²) in [6.07, 6.45) is 1.59. The van der Waals surface area contributed by atoms with E-state index in [1.165, 1.54) is 0 Å². The van der Waals surface area contributed by atoms with Crippen molar-refractivity contribution in [1.82, 2.24) is 9.80 Å². The molecule has 5 heteroatoms. The first-order valence-corrected chi connectivity index (χ1v) is 4.90. The Morgan fingerprint density at radius 2 is 2.47 bits per heavy atom. The van der Waals surface area contributed by atoms with Gasteiger partial charge in [0, 0.05) is 20.1 Å². The van der Waals surface area contributed by atoms with Crippen LogP contribution in [-0.2, 0) is 0 Å². The van der Waals surface area contributed by atoms with Crippen molar-refractivity contribution in [2.24, 2.45) is 0 Å².